The Morgan fingerprint density at radius 1 is 1.14 bits per heavy atom. The molecule has 0 aromatic carbocycles. The van der Waals surface area contributed by atoms with Crippen molar-refractivity contribution < 1.29 is 19.8 Å². The van der Waals surface area contributed by atoms with Gasteiger partial charge in [-0.2, -0.15) is 0 Å². The van der Waals surface area contributed by atoms with Gasteiger partial charge in [-0.25, -0.2) is 4.79 Å². The minimum atomic E-state index is -0.911. The van der Waals surface area contributed by atoms with E-state index in [4.69, 9.17) is 5.11 Å². The van der Waals surface area contributed by atoms with Crippen molar-refractivity contribution in [1.82, 2.24) is 9.80 Å². The highest BCUT2D eigenvalue weighted by atomic mass is 16.4. The van der Waals surface area contributed by atoms with Crippen LogP contribution in [0.25, 0.3) is 0 Å². The summed E-state index contributed by atoms with van der Waals surface area (Å²) in [7, 11) is 0. The number of aliphatic hydroxyl groups is 1. The molecule has 1 aliphatic rings. The summed E-state index contributed by atoms with van der Waals surface area (Å²) in [5.74, 6) is -0.911. The first kappa shape index (κ1) is 17.8. The van der Waals surface area contributed by atoms with E-state index in [9.17, 15) is 14.7 Å². The first-order valence-corrected chi connectivity index (χ1v) is 7.68. The van der Waals surface area contributed by atoms with Crippen molar-refractivity contribution in [1.29, 1.82) is 0 Å². The largest absolute Gasteiger partial charge is 0.481 e. The molecule has 2 N–H and O–H groups in total. The average molecular weight is 300 g/mol. The third-order valence-electron chi connectivity index (χ3n) is 3.94. The Hall–Kier alpha value is -1.30. The molecule has 0 aliphatic heterocycles. The zero-order valence-corrected chi connectivity index (χ0v) is 13.3. The summed E-state index contributed by atoms with van der Waals surface area (Å²) < 4.78 is 0. The van der Waals surface area contributed by atoms with E-state index in [-0.39, 0.29) is 31.6 Å². The van der Waals surface area contributed by atoms with Crippen molar-refractivity contribution in [2.75, 3.05) is 19.7 Å². The minimum absolute atomic E-state index is 0.0688. The second-order valence-electron chi connectivity index (χ2n) is 6.60. The number of carbonyl (C=O) groups is 2. The van der Waals surface area contributed by atoms with Crippen LogP contribution in [0.15, 0.2) is 0 Å². The van der Waals surface area contributed by atoms with Crippen molar-refractivity contribution in [3.05, 3.63) is 0 Å². The number of carboxylic acids is 1. The van der Waals surface area contributed by atoms with Gasteiger partial charge in [0.25, 0.3) is 0 Å². The Morgan fingerprint density at radius 3 is 2.14 bits per heavy atom. The standard InChI is InChI=1S/C15H28N2O4/c1-15(2,3)17(9-8-13(19)20)14(21)16(10-11-18)12-6-4-5-7-12/h12,18H,4-11H2,1-3H3,(H,19,20). The topological polar surface area (TPSA) is 81.1 Å². The van der Waals surface area contributed by atoms with Gasteiger partial charge in [0.2, 0.25) is 0 Å². The number of urea groups is 1. The van der Waals surface area contributed by atoms with Crippen molar-refractivity contribution in [2.24, 2.45) is 0 Å². The smallest absolute Gasteiger partial charge is 0.320 e. The number of carboxylic acid groups (broad SMARTS) is 1. The van der Waals surface area contributed by atoms with Gasteiger partial charge < -0.3 is 20.0 Å². The molecule has 1 fully saturated rings. The Balaban J connectivity index is 2.85. The lowest BCUT2D eigenvalue weighted by Gasteiger charge is -2.41. The van der Waals surface area contributed by atoms with E-state index in [1.54, 1.807) is 9.80 Å². The van der Waals surface area contributed by atoms with Gasteiger partial charge in [0.05, 0.1) is 13.0 Å². The maximum absolute atomic E-state index is 12.8. The van der Waals surface area contributed by atoms with E-state index in [2.05, 4.69) is 0 Å². The number of nitrogens with zero attached hydrogens (tertiary/aromatic N) is 2. The summed E-state index contributed by atoms with van der Waals surface area (Å²) in [6.45, 7) is 6.13. The molecule has 0 radical (unpaired) electrons. The summed E-state index contributed by atoms with van der Waals surface area (Å²) in [6.07, 6.45) is 4.06. The molecular formula is C15H28N2O4. The molecule has 0 unspecified atom stereocenters. The molecule has 0 spiro atoms. The van der Waals surface area contributed by atoms with Crippen molar-refractivity contribution in [3.8, 4) is 0 Å². The van der Waals surface area contributed by atoms with Crippen LogP contribution in [0.5, 0.6) is 0 Å². The van der Waals surface area contributed by atoms with Crippen LogP contribution >= 0.6 is 0 Å². The molecule has 2 amide bonds. The van der Waals surface area contributed by atoms with Crippen molar-refractivity contribution >= 4 is 12.0 Å². The lowest BCUT2D eigenvalue weighted by molar-refractivity contribution is -0.137. The monoisotopic (exact) mass is 300 g/mol. The molecule has 0 aromatic heterocycles. The van der Waals surface area contributed by atoms with E-state index in [1.165, 1.54) is 0 Å². The third kappa shape index (κ3) is 5.19. The Labute approximate surface area is 126 Å². The normalized spacial score (nSPS) is 16.0. The van der Waals surface area contributed by atoms with E-state index >= 15 is 0 Å². The molecule has 0 aromatic rings. The summed E-state index contributed by atoms with van der Waals surface area (Å²) in [4.78, 5) is 27.0. The van der Waals surface area contributed by atoms with E-state index in [1.807, 2.05) is 20.8 Å². The van der Waals surface area contributed by atoms with Crippen molar-refractivity contribution in [3.63, 3.8) is 0 Å². The number of hydrogen-bond acceptors (Lipinski definition) is 3. The Morgan fingerprint density at radius 2 is 1.71 bits per heavy atom. The van der Waals surface area contributed by atoms with Gasteiger partial charge in [-0.3, -0.25) is 4.79 Å². The lowest BCUT2D eigenvalue weighted by atomic mass is 10.1. The fourth-order valence-corrected chi connectivity index (χ4v) is 2.84. The summed E-state index contributed by atoms with van der Waals surface area (Å²) in [5, 5.41) is 18.1. The van der Waals surface area contributed by atoms with Crippen LogP contribution in [0.4, 0.5) is 4.79 Å². The molecular weight excluding hydrogens is 272 g/mol. The quantitative estimate of drug-likeness (QED) is 0.785. The van der Waals surface area contributed by atoms with Crippen LogP contribution in [-0.2, 0) is 4.79 Å². The molecule has 6 nitrogen and oxygen atoms in total. The van der Waals surface area contributed by atoms with Gasteiger partial charge in [0.1, 0.15) is 0 Å². The fourth-order valence-electron chi connectivity index (χ4n) is 2.84. The number of aliphatic hydroxyl groups excluding tert-OH is 1. The highest BCUT2D eigenvalue weighted by molar-refractivity contribution is 5.76. The van der Waals surface area contributed by atoms with Gasteiger partial charge in [-0.05, 0) is 33.6 Å². The number of rotatable bonds is 6. The predicted octanol–water partition coefficient (Wildman–Crippen LogP) is 1.92. The molecule has 6 heteroatoms. The van der Waals surface area contributed by atoms with Gasteiger partial charge in [-0.15, -0.1) is 0 Å². The molecule has 1 aliphatic carbocycles. The number of carbonyl (C=O) groups excluding carboxylic acids is 1. The Kier molecular flexibility index (Phi) is 6.45. The van der Waals surface area contributed by atoms with Gasteiger partial charge in [0.15, 0.2) is 0 Å². The number of amides is 2. The van der Waals surface area contributed by atoms with E-state index in [0.29, 0.717) is 6.54 Å². The maximum Gasteiger partial charge on any atom is 0.320 e. The highest BCUT2D eigenvalue weighted by Gasteiger charge is 2.34. The van der Waals surface area contributed by atoms with Crippen LogP contribution in [0.3, 0.4) is 0 Å². The molecule has 0 saturated heterocycles. The molecule has 122 valence electrons. The molecule has 1 saturated carbocycles. The van der Waals surface area contributed by atoms with Gasteiger partial charge in [-0.1, -0.05) is 12.8 Å². The predicted molar refractivity (Wildman–Crippen MR) is 80.2 cm³/mol. The minimum Gasteiger partial charge on any atom is -0.481 e. The SMILES string of the molecule is CC(C)(C)N(CCC(=O)O)C(=O)N(CCO)C1CCCC1. The van der Waals surface area contributed by atoms with E-state index < -0.39 is 11.5 Å². The summed E-state index contributed by atoms with van der Waals surface area (Å²) in [5.41, 5.74) is -0.446. The molecule has 0 atom stereocenters. The van der Waals surface area contributed by atoms with Crippen LogP contribution in [-0.4, -0.2) is 63.3 Å². The van der Waals surface area contributed by atoms with Crippen LogP contribution in [0.1, 0.15) is 52.9 Å². The second-order valence-corrected chi connectivity index (χ2v) is 6.60. The van der Waals surface area contributed by atoms with Gasteiger partial charge >= 0.3 is 12.0 Å². The van der Waals surface area contributed by atoms with Crippen LogP contribution in [0.2, 0.25) is 0 Å². The average Bonchev–Trinajstić information content (AvgIpc) is 2.87. The maximum atomic E-state index is 12.8. The highest BCUT2D eigenvalue weighted by Crippen LogP contribution is 2.26. The molecule has 21 heavy (non-hydrogen) atoms. The fraction of sp³-hybridized carbons (Fsp3) is 0.867. The summed E-state index contributed by atoms with van der Waals surface area (Å²) in [6, 6.07) is 0.00373. The first-order chi connectivity index (χ1) is 9.77. The lowest BCUT2D eigenvalue weighted by Crippen LogP contribution is -2.55. The Bertz CT molecular complexity index is 359. The molecule has 0 bridgehead atoms. The summed E-state index contributed by atoms with van der Waals surface area (Å²) >= 11 is 0. The first-order valence-electron chi connectivity index (χ1n) is 7.68. The number of aliphatic carboxylic acids is 1. The van der Waals surface area contributed by atoms with Gasteiger partial charge in [0, 0.05) is 24.7 Å². The number of hydrogen-bond donors (Lipinski definition) is 2. The molecule has 1 rings (SSSR count). The molecule has 0 heterocycles. The van der Waals surface area contributed by atoms with Crippen LogP contribution in [0, 0.1) is 0 Å². The second kappa shape index (κ2) is 7.64. The third-order valence-corrected chi connectivity index (χ3v) is 3.94. The van der Waals surface area contributed by atoms with Crippen LogP contribution < -0.4 is 0 Å². The zero-order valence-electron chi connectivity index (χ0n) is 13.3. The van der Waals surface area contributed by atoms with E-state index in [0.717, 1.165) is 25.7 Å². The van der Waals surface area contributed by atoms with Crippen molar-refractivity contribution in [2.45, 2.75) is 64.5 Å². The zero-order chi connectivity index (χ0) is 16.0.